The Kier molecular flexibility index (Phi) is 3.87. The molecule has 0 unspecified atom stereocenters. The molecule has 2 aromatic carbocycles. The first kappa shape index (κ1) is 15.2. The highest BCUT2D eigenvalue weighted by atomic mass is 32.2. The second kappa shape index (κ2) is 5.33. The summed E-state index contributed by atoms with van der Waals surface area (Å²) in [5.41, 5.74) is 6.04. The van der Waals surface area contributed by atoms with Crippen molar-refractivity contribution >= 4 is 21.4 Å². The average molecular weight is 312 g/mol. The van der Waals surface area contributed by atoms with Gasteiger partial charge in [0.15, 0.2) is 0 Å². The first-order valence-corrected chi connectivity index (χ1v) is 7.53. The zero-order chi connectivity index (χ0) is 15.8. The summed E-state index contributed by atoms with van der Waals surface area (Å²) in [5.74, 6) is -1.28. The fourth-order valence-electron chi connectivity index (χ4n) is 1.96. The fraction of sp³-hybridized carbons (Fsp3) is 0.143. The van der Waals surface area contributed by atoms with Crippen LogP contribution in [0.1, 0.15) is 11.1 Å². The largest absolute Gasteiger partial charge is 0.399 e. The van der Waals surface area contributed by atoms with Crippen molar-refractivity contribution in [3.05, 3.63) is 53.1 Å². The van der Waals surface area contributed by atoms with E-state index in [2.05, 4.69) is 4.72 Å². The number of aryl methyl sites for hydroxylation is 1. The zero-order valence-corrected chi connectivity index (χ0v) is 12.3. The molecule has 0 saturated heterocycles. The topological polar surface area (TPSA) is 72.2 Å². The van der Waals surface area contributed by atoms with Gasteiger partial charge in [-0.15, -0.1) is 0 Å². The number of rotatable bonds is 3. The van der Waals surface area contributed by atoms with Gasteiger partial charge in [0.1, 0.15) is 11.6 Å². The maximum atomic E-state index is 13.6. The smallest absolute Gasteiger partial charge is 0.262 e. The van der Waals surface area contributed by atoms with Gasteiger partial charge >= 0.3 is 0 Å². The molecule has 0 atom stereocenters. The van der Waals surface area contributed by atoms with Gasteiger partial charge in [0.05, 0.1) is 10.6 Å². The predicted molar refractivity (Wildman–Crippen MR) is 77.5 cm³/mol. The van der Waals surface area contributed by atoms with Gasteiger partial charge in [-0.1, -0.05) is 0 Å². The number of halogens is 2. The number of sulfonamides is 1. The van der Waals surface area contributed by atoms with Crippen LogP contribution in [0.5, 0.6) is 0 Å². The van der Waals surface area contributed by atoms with E-state index >= 15 is 0 Å². The molecule has 0 bridgehead atoms. The first-order chi connectivity index (χ1) is 9.69. The molecule has 0 saturated carbocycles. The Balaban J connectivity index is 2.48. The maximum absolute atomic E-state index is 13.6. The Hall–Kier alpha value is -2.15. The van der Waals surface area contributed by atoms with Gasteiger partial charge in [0.2, 0.25) is 0 Å². The molecule has 0 aromatic heterocycles. The highest BCUT2D eigenvalue weighted by molar-refractivity contribution is 7.92. The average Bonchev–Trinajstić information content (AvgIpc) is 2.31. The first-order valence-electron chi connectivity index (χ1n) is 6.04. The third kappa shape index (κ3) is 3.30. The van der Waals surface area contributed by atoms with Crippen LogP contribution >= 0.6 is 0 Å². The van der Waals surface area contributed by atoms with Gasteiger partial charge in [-0.2, -0.15) is 0 Å². The summed E-state index contributed by atoms with van der Waals surface area (Å²) in [6, 6.07) is 5.98. The van der Waals surface area contributed by atoms with Gasteiger partial charge < -0.3 is 5.73 Å². The summed E-state index contributed by atoms with van der Waals surface area (Å²) >= 11 is 0. The van der Waals surface area contributed by atoms with Gasteiger partial charge in [-0.05, 0) is 49.7 Å². The Labute approximate surface area is 121 Å². The minimum absolute atomic E-state index is 0.00565. The number of benzene rings is 2. The summed E-state index contributed by atoms with van der Waals surface area (Å²) in [5, 5.41) is 0. The highest BCUT2D eigenvalue weighted by Crippen LogP contribution is 2.24. The van der Waals surface area contributed by atoms with Crippen molar-refractivity contribution < 1.29 is 17.2 Å². The van der Waals surface area contributed by atoms with Crippen LogP contribution in [-0.2, 0) is 10.0 Å². The predicted octanol–water partition coefficient (Wildman–Crippen LogP) is 2.96. The van der Waals surface area contributed by atoms with Crippen molar-refractivity contribution in [2.75, 3.05) is 10.5 Å². The van der Waals surface area contributed by atoms with Crippen LogP contribution in [0.4, 0.5) is 20.2 Å². The molecular formula is C14H14F2N2O2S. The molecule has 2 rings (SSSR count). The maximum Gasteiger partial charge on any atom is 0.262 e. The van der Waals surface area contributed by atoms with Crippen LogP contribution in [0.3, 0.4) is 0 Å². The summed E-state index contributed by atoms with van der Waals surface area (Å²) < 4.78 is 53.7. The molecule has 0 fully saturated rings. The second-order valence-corrected chi connectivity index (χ2v) is 6.40. The Morgan fingerprint density at radius 1 is 1.05 bits per heavy atom. The van der Waals surface area contributed by atoms with Gasteiger partial charge in [-0.25, -0.2) is 17.2 Å². The number of nitrogens with one attached hydrogen (secondary N) is 1. The molecule has 0 aliphatic rings. The fourth-order valence-corrected chi connectivity index (χ4v) is 3.29. The number of anilines is 2. The SMILES string of the molecule is Cc1cc(F)cc(NS(=O)(=O)c2cc(N)cc(F)c2C)c1. The van der Waals surface area contributed by atoms with Crippen LogP contribution in [0.15, 0.2) is 35.2 Å². The number of hydrogen-bond donors (Lipinski definition) is 2. The van der Waals surface area contributed by atoms with Crippen molar-refractivity contribution in [1.29, 1.82) is 0 Å². The van der Waals surface area contributed by atoms with E-state index in [0.29, 0.717) is 5.56 Å². The van der Waals surface area contributed by atoms with E-state index in [4.69, 9.17) is 5.73 Å². The van der Waals surface area contributed by atoms with Crippen molar-refractivity contribution in [2.45, 2.75) is 18.7 Å². The van der Waals surface area contributed by atoms with Crippen molar-refractivity contribution in [2.24, 2.45) is 0 Å². The molecule has 3 N–H and O–H groups in total. The van der Waals surface area contributed by atoms with Gasteiger partial charge in [-0.3, -0.25) is 4.72 Å². The van der Waals surface area contributed by atoms with Crippen molar-refractivity contribution in [3.63, 3.8) is 0 Å². The molecule has 112 valence electrons. The number of nitrogen functional groups attached to an aromatic ring is 1. The van der Waals surface area contributed by atoms with E-state index in [9.17, 15) is 17.2 Å². The molecule has 2 aromatic rings. The lowest BCUT2D eigenvalue weighted by Crippen LogP contribution is -2.15. The van der Waals surface area contributed by atoms with Crippen LogP contribution in [0.25, 0.3) is 0 Å². The van der Waals surface area contributed by atoms with E-state index < -0.39 is 21.7 Å². The van der Waals surface area contributed by atoms with Gasteiger partial charge in [0, 0.05) is 11.3 Å². The van der Waals surface area contributed by atoms with Gasteiger partial charge in [0.25, 0.3) is 10.0 Å². The lowest BCUT2D eigenvalue weighted by atomic mass is 10.2. The van der Waals surface area contributed by atoms with E-state index in [1.165, 1.54) is 19.1 Å². The third-order valence-electron chi connectivity index (χ3n) is 2.90. The molecule has 4 nitrogen and oxygen atoms in total. The monoisotopic (exact) mass is 312 g/mol. The Morgan fingerprint density at radius 2 is 1.71 bits per heavy atom. The van der Waals surface area contributed by atoms with E-state index in [1.807, 2.05) is 0 Å². The van der Waals surface area contributed by atoms with E-state index in [0.717, 1.165) is 18.2 Å². The van der Waals surface area contributed by atoms with Crippen LogP contribution < -0.4 is 10.5 Å². The summed E-state index contributed by atoms with van der Waals surface area (Å²) in [7, 11) is -4.06. The standard InChI is InChI=1S/C14H14F2N2O2S/c1-8-3-10(15)5-12(4-8)18-21(19,20)14-7-11(17)6-13(16)9(14)2/h3-7,18H,17H2,1-2H3. The molecular weight excluding hydrogens is 298 g/mol. The van der Waals surface area contributed by atoms with Crippen LogP contribution in [0.2, 0.25) is 0 Å². The molecule has 0 aliphatic heterocycles. The third-order valence-corrected chi connectivity index (χ3v) is 4.41. The van der Waals surface area contributed by atoms with Crippen molar-refractivity contribution in [3.8, 4) is 0 Å². The summed E-state index contributed by atoms with van der Waals surface area (Å²) in [4.78, 5) is -0.276. The molecule has 0 heterocycles. The normalized spacial score (nSPS) is 11.4. The quantitative estimate of drug-likeness (QED) is 0.856. The Bertz CT molecular complexity index is 785. The molecule has 0 spiro atoms. The highest BCUT2D eigenvalue weighted by Gasteiger charge is 2.20. The van der Waals surface area contributed by atoms with E-state index in [-0.39, 0.29) is 21.8 Å². The Morgan fingerprint density at radius 3 is 2.33 bits per heavy atom. The lowest BCUT2D eigenvalue weighted by Gasteiger charge is -2.12. The molecule has 0 radical (unpaired) electrons. The zero-order valence-electron chi connectivity index (χ0n) is 11.4. The molecule has 7 heteroatoms. The van der Waals surface area contributed by atoms with Crippen molar-refractivity contribution in [1.82, 2.24) is 0 Å². The molecule has 21 heavy (non-hydrogen) atoms. The van der Waals surface area contributed by atoms with E-state index in [1.54, 1.807) is 6.92 Å². The molecule has 0 aliphatic carbocycles. The minimum Gasteiger partial charge on any atom is -0.399 e. The number of hydrogen-bond acceptors (Lipinski definition) is 3. The van der Waals surface area contributed by atoms with Crippen LogP contribution in [-0.4, -0.2) is 8.42 Å². The summed E-state index contributed by atoms with van der Waals surface area (Å²) in [6.45, 7) is 2.96. The number of nitrogens with two attached hydrogens (primary N) is 1. The summed E-state index contributed by atoms with van der Waals surface area (Å²) in [6.07, 6.45) is 0. The second-order valence-electron chi connectivity index (χ2n) is 4.75. The lowest BCUT2D eigenvalue weighted by molar-refractivity contribution is 0.591. The molecule has 0 amide bonds. The minimum atomic E-state index is -4.06. The van der Waals surface area contributed by atoms with Crippen LogP contribution in [0, 0.1) is 25.5 Å².